The molecular formula is C15H21N7O. The number of amides is 1. The Morgan fingerprint density at radius 1 is 1.30 bits per heavy atom. The van der Waals surface area contributed by atoms with Gasteiger partial charge in [0, 0.05) is 32.4 Å². The van der Waals surface area contributed by atoms with Gasteiger partial charge in [0.2, 0.25) is 5.91 Å². The van der Waals surface area contributed by atoms with Gasteiger partial charge in [-0.25, -0.2) is 9.97 Å². The summed E-state index contributed by atoms with van der Waals surface area (Å²) in [6.45, 7) is 6.05. The van der Waals surface area contributed by atoms with Crippen LogP contribution in [-0.2, 0) is 11.3 Å². The molecule has 1 fully saturated rings. The zero-order valence-corrected chi connectivity index (χ0v) is 13.2. The molecule has 1 aliphatic heterocycles. The molecule has 3 rings (SSSR count). The second-order valence-corrected chi connectivity index (χ2v) is 5.56. The molecule has 122 valence electrons. The maximum atomic E-state index is 12.0. The van der Waals surface area contributed by atoms with Crippen LogP contribution in [0.2, 0.25) is 0 Å². The molecule has 8 nitrogen and oxygen atoms in total. The topological polar surface area (TPSA) is 90.0 Å². The highest BCUT2D eigenvalue weighted by molar-refractivity contribution is 5.77. The Hall–Kier alpha value is -2.48. The third-order valence-corrected chi connectivity index (χ3v) is 3.80. The average Bonchev–Trinajstić information content (AvgIpc) is 3.00. The average molecular weight is 315 g/mol. The summed E-state index contributed by atoms with van der Waals surface area (Å²) in [4.78, 5) is 24.9. The van der Waals surface area contributed by atoms with Gasteiger partial charge in [-0.2, -0.15) is 5.10 Å². The summed E-state index contributed by atoms with van der Waals surface area (Å²) in [5, 5.41) is 9.61. The van der Waals surface area contributed by atoms with Crippen LogP contribution in [0.25, 0.3) is 0 Å². The zero-order chi connectivity index (χ0) is 16.1. The minimum Gasteiger partial charge on any atom is -0.354 e. The van der Waals surface area contributed by atoms with Crippen molar-refractivity contribution in [2.24, 2.45) is 0 Å². The number of pyridine rings is 1. The van der Waals surface area contributed by atoms with E-state index in [4.69, 9.17) is 0 Å². The van der Waals surface area contributed by atoms with Crippen molar-refractivity contribution in [3.8, 4) is 0 Å². The Balaban J connectivity index is 1.41. The Labute approximate surface area is 134 Å². The predicted octanol–water partition coefficient (Wildman–Crippen LogP) is -0.0535. The number of aromatic amines is 1. The molecule has 0 aliphatic carbocycles. The van der Waals surface area contributed by atoms with Gasteiger partial charge in [0.15, 0.2) is 5.82 Å². The van der Waals surface area contributed by atoms with Crippen LogP contribution < -0.4 is 10.2 Å². The van der Waals surface area contributed by atoms with E-state index in [9.17, 15) is 4.79 Å². The highest BCUT2D eigenvalue weighted by Gasteiger charge is 2.19. The van der Waals surface area contributed by atoms with Crippen molar-refractivity contribution in [3.63, 3.8) is 0 Å². The fraction of sp³-hybridized carbons (Fsp3) is 0.467. The Bertz CT molecular complexity index is 634. The van der Waals surface area contributed by atoms with Gasteiger partial charge < -0.3 is 10.2 Å². The number of rotatable bonds is 5. The SMILES string of the molecule is Cc1nc(CNC(=O)CN2CCN(c3ccccn3)CC2)n[nH]1. The van der Waals surface area contributed by atoms with E-state index >= 15 is 0 Å². The predicted molar refractivity (Wildman–Crippen MR) is 85.9 cm³/mol. The third kappa shape index (κ3) is 4.26. The minimum absolute atomic E-state index is 0.00117. The molecule has 0 atom stereocenters. The van der Waals surface area contributed by atoms with Crippen LogP contribution in [0.3, 0.4) is 0 Å². The summed E-state index contributed by atoms with van der Waals surface area (Å²) in [7, 11) is 0. The summed E-state index contributed by atoms with van der Waals surface area (Å²) in [6.07, 6.45) is 1.81. The number of aryl methyl sites for hydroxylation is 1. The van der Waals surface area contributed by atoms with E-state index in [2.05, 4.69) is 35.3 Å². The molecular weight excluding hydrogens is 294 g/mol. The maximum absolute atomic E-state index is 12.0. The first-order valence-corrected chi connectivity index (χ1v) is 7.73. The van der Waals surface area contributed by atoms with Crippen LogP contribution in [0.1, 0.15) is 11.6 Å². The number of aromatic nitrogens is 4. The van der Waals surface area contributed by atoms with E-state index in [0.717, 1.165) is 37.8 Å². The van der Waals surface area contributed by atoms with Gasteiger partial charge in [-0.3, -0.25) is 14.8 Å². The van der Waals surface area contributed by atoms with Crippen LogP contribution in [0.5, 0.6) is 0 Å². The van der Waals surface area contributed by atoms with Gasteiger partial charge in [-0.15, -0.1) is 0 Å². The van der Waals surface area contributed by atoms with E-state index in [1.807, 2.05) is 25.1 Å². The first-order chi connectivity index (χ1) is 11.2. The quantitative estimate of drug-likeness (QED) is 0.804. The van der Waals surface area contributed by atoms with Crippen molar-refractivity contribution in [2.45, 2.75) is 13.5 Å². The van der Waals surface area contributed by atoms with Crippen LogP contribution in [0, 0.1) is 6.92 Å². The molecule has 3 heterocycles. The summed E-state index contributed by atoms with van der Waals surface area (Å²) in [5.41, 5.74) is 0. The summed E-state index contributed by atoms with van der Waals surface area (Å²) >= 11 is 0. The lowest BCUT2D eigenvalue weighted by Gasteiger charge is -2.34. The largest absolute Gasteiger partial charge is 0.354 e. The number of anilines is 1. The van der Waals surface area contributed by atoms with Crippen molar-refractivity contribution in [1.29, 1.82) is 0 Å². The standard InChI is InChI=1S/C15H21N7O/c1-12-18-13(20-19-12)10-17-15(23)11-21-6-8-22(9-7-21)14-4-2-3-5-16-14/h2-5H,6-11H2,1H3,(H,17,23)(H,18,19,20). The maximum Gasteiger partial charge on any atom is 0.234 e. The summed E-state index contributed by atoms with van der Waals surface area (Å²) in [6, 6.07) is 5.92. The molecule has 2 aromatic heterocycles. The summed E-state index contributed by atoms with van der Waals surface area (Å²) < 4.78 is 0. The van der Waals surface area contributed by atoms with Crippen molar-refractivity contribution in [3.05, 3.63) is 36.0 Å². The molecule has 0 saturated carbocycles. The molecule has 2 N–H and O–H groups in total. The molecule has 0 unspecified atom stereocenters. The van der Waals surface area contributed by atoms with Crippen molar-refractivity contribution in [1.82, 2.24) is 30.4 Å². The molecule has 0 spiro atoms. The van der Waals surface area contributed by atoms with E-state index < -0.39 is 0 Å². The van der Waals surface area contributed by atoms with E-state index in [-0.39, 0.29) is 5.91 Å². The lowest BCUT2D eigenvalue weighted by Crippen LogP contribution is -2.49. The number of hydrogen-bond donors (Lipinski definition) is 2. The normalized spacial score (nSPS) is 15.6. The van der Waals surface area contributed by atoms with Gasteiger partial charge in [-0.05, 0) is 19.1 Å². The molecule has 23 heavy (non-hydrogen) atoms. The molecule has 2 aromatic rings. The highest BCUT2D eigenvalue weighted by atomic mass is 16.2. The number of carbonyl (C=O) groups excluding carboxylic acids is 1. The third-order valence-electron chi connectivity index (χ3n) is 3.80. The van der Waals surface area contributed by atoms with Gasteiger partial charge in [0.1, 0.15) is 11.6 Å². The van der Waals surface area contributed by atoms with Crippen molar-refractivity contribution >= 4 is 11.7 Å². The Morgan fingerprint density at radius 2 is 2.13 bits per heavy atom. The zero-order valence-electron chi connectivity index (χ0n) is 13.2. The van der Waals surface area contributed by atoms with Crippen LogP contribution in [-0.4, -0.2) is 63.7 Å². The Kier molecular flexibility index (Phi) is 4.82. The van der Waals surface area contributed by atoms with E-state index in [0.29, 0.717) is 18.9 Å². The van der Waals surface area contributed by atoms with E-state index in [1.165, 1.54) is 0 Å². The van der Waals surface area contributed by atoms with Gasteiger partial charge in [0.05, 0.1) is 13.1 Å². The van der Waals surface area contributed by atoms with Crippen molar-refractivity contribution < 1.29 is 4.79 Å². The molecule has 0 bridgehead atoms. The molecule has 0 aromatic carbocycles. The number of hydrogen-bond acceptors (Lipinski definition) is 6. The number of carbonyl (C=O) groups is 1. The van der Waals surface area contributed by atoms with E-state index in [1.54, 1.807) is 6.20 Å². The monoisotopic (exact) mass is 315 g/mol. The van der Waals surface area contributed by atoms with Gasteiger partial charge in [-0.1, -0.05) is 6.07 Å². The number of piperazine rings is 1. The minimum atomic E-state index is -0.00117. The van der Waals surface area contributed by atoms with Crippen LogP contribution in [0.15, 0.2) is 24.4 Å². The van der Waals surface area contributed by atoms with Crippen LogP contribution >= 0.6 is 0 Å². The summed E-state index contributed by atoms with van der Waals surface area (Å²) in [5.74, 6) is 2.35. The molecule has 1 amide bonds. The second-order valence-electron chi connectivity index (χ2n) is 5.56. The fourth-order valence-corrected chi connectivity index (χ4v) is 2.58. The molecule has 0 radical (unpaired) electrons. The first-order valence-electron chi connectivity index (χ1n) is 7.73. The number of nitrogens with one attached hydrogen (secondary N) is 2. The number of H-pyrrole nitrogens is 1. The lowest BCUT2D eigenvalue weighted by atomic mass is 10.3. The van der Waals surface area contributed by atoms with Crippen molar-refractivity contribution in [2.75, 3.05) is 37.6 Å². The second kappa shape index (κ2) is 7.19. The van der Waals surface area contributed by atoms with Gasteiger partial charge in [0.25, 0.3) is 0 Å². The molecule has 8 heteroatoms. The smallest absolute Gasteiger partial charge is 0.234 e. The van der Waals surface area contributed by atoms with Gasteiger partial charge >= 0.3 is 0 Å². The number of nitrogens with zero attached hydrogens (tertiary/aromatic N) is 5. The fourth-order valence-electron chi connectivity index (χ4n) is 2.58. The first kappa shape index (κ1) is 15.4. The lowest BCUT2D eigenvalue weighted by molar-refractivity contribution is -0.122. The Morgan fingerprint density at radius 3 is 2.78 bits per heavy atom. The van der Waals surface area contributed by atoms with Crippen LogP contribution in [0.4, 0.5) is 5.82 Å². The highest BCUT2D eigenvalue weighted by Crippen LogP contribution is 2.12. The molecule has 1 saturated heterocycles. The molecule has 1 aliphatic rings.